The largest absolute Gasteiger partial charge is 0.466 e. The molecule has 8 heteroatoms. The molecular formula is C5H14ClN2O4P. The van der Waals surface area contributed by atoms with Gasteiger partial charge in [0.25, 0.3) is 0 Å². The van der Waals surface area contributed by atoms with Crippen LogP contribution in [0.5, 0.6) is 0 Å². The molecule has 0 saturated carbocycles. The van der Waals surface area contributed by atoms with Gasteiger partial charge >= 0.3 is 7.82 Å². The summed E-state index contributed by atoms with van der Waals surface area (Å²) in [6.07, 6.45) is 0. The van der Waals surface area contributed by atoms with Crippen molar-refractivity contribution >= 4 is 19.4 Å². The molecule has 0 atom stereocenters. The molecular weight excluding hydrogens is 218 g/mol. The second-order valence-corrected chi connectivity index (χ2v) is 4.20. The summed E-state index contributed by atoms with van der Waals surface area (Å²) >= 11 is 5.86. The van der Waals surface area contributed by atoms with E-state index >= 15 is 0 Å². The molecule has 0 spiro atoms. The number of likely N-dealkylation sites (N-methyl/N-ethyl adjacent to an activating group) is 2. The molecule has 1 heterocycles. The van der Waals surface area contributed by atoms with Gasteiger partial charge in [-0.2, -0.15) is 0 Å². The molecule has 0 bridgehead atoms. The van der Waals surface area contributed by atoms with Crippen molar-refractivity contribution in [1.82, 2.24) is 9.80 Å². The molecule has 0 aromatic rings. The third kappa shape index (κ3) is 7.40. The summed E-state index contributed by atoms with van der Waals surface area (Å²) in [4.78, 5) is 25.8. The lowest BCUT2D eigenvalue weighted by Crippen LogP contribution is -2.28. The first kappa shape index (κ1) is 13.3. The van der Waals surface area contributed by atoms with Crippen molar-refractivity contribution in [2.45, 2.75) is 5.62 Å². The Morgan fingerprint density at radius 3 is 1.54 bits per heavy atom. The van der Waals surface area contributed by atoms with Crippen molar-refractivity contribution < 1.29 is 19.2 Å². The first-order chi connectivity index (χ1) is 5.72. The molecule has 0 radical (unpaired) electrons. The Kier molecular flexibility index (Phi) is 5.39. The van der Waals surface area contributed by atoms with Crippen LogP contribution in [0.3, 0.4) is 0 Å². The van der Waals surface area contributed by atoms with Crippen molar-refractivity contribution in [1.29, 1.82) is 0 Å². The van der Waals surface area contributed by atoms with E-state index in [2.05, 4.69) is 9.80 Å². The van der Waals surface area contributed by atoms with E-state index in [-0.39, 0.29) is 5.62 Å². The van der Waals surface area contributed by atoms with Crippen LogP contribution in [0.2, 0.25) is 0 Å². The Bertz CT molecular complexity index is 181. The topological polar surface area (TPSA) is 84.2 Å². The molecule has 80 valence electrons. The Labute approximate surface area is 82.0 Å². The number of hydrogen-bond acceptors (Lipinski definition) is 3. The lowest BCUT2D eigenvalue weighted by atomic mass is 10.6. The molecule has 0 aromatic heterocycles. The smallest absolute Gasteiger partial charge is 0.303 e. The fraction of sp³-hybridized carbons (Fsp3) is 1.00. The SMILES string of the molecule is CN1CCN(C)C1Cl.O=P(O)(O)O. The standard InChI is InChI=1S/C5H11ClN2.H3O4P/c1-7-3-4-8(2)5(7)6;1-5(2,3)4/h5H,3-4H2,1-2H3;(H3,1,2,3,4). The van der Waals surface area contributed by atoms with E-state index in [0.29, 0.717) is 0 Å². The minimum atomic E-state index is -4.64. The van der Waals surface area contributed by atoms with Crippen molar-refractivity contribution in [2.75, 3.05) is 27.2 Å². The number of halogens is 1. The molecule has 1 rings (SSSR count). The van der Waals surface area contributed by atoms with Crippen molar-refractivity contribution in [2.24, 2.45) is 0 Å². The van der Waals surface area contributed by atoms with E-state index in [1.807, 2.05) is 14.1 Å². The van der Waals surface area contributed by atoms with Crippen molar-refractivity contribution in [3.8, 4) is 0 Å². The van der Waals surface area contributed by atoms with E-state index in [1.54, 1.807) is 0 Å². The van der Waals surface area contributed by atoms with E-state index < -0.39 is 7.82 Å². The maximum atomic E-state index is 8.88. The van der Waals surface area contributed by atoms with Crippen LogP contribution in [0, 0.1) is 0 Å². The summed E-state index contributed by atoms with van der Waals surface area (Å²) in [6, 6.07) is 0. The van der Waals surface area contributed by atoms with Gasteiger partial charge in [0.1, 0.15) is 5.62 Å². The van der Waals surface area contributed by atoms with Gasteiger partial charge in [-0.3, -0.25) is 9.80 Å². The molecule has 13 heavy (non-hydrogen) atoms. The highest BCUT2D eigenvalue weighted by atomic mass is 35.5. The predicted molar refractivity (Wildman–Crippen MR) is 49.2 cm³/mol. The number of rotatable bonds is 0. The third-order valence-corrected chi connectivity index (χ3v) is 2.20. The molecule has 1 fully saturated rings. The highest BCUT2D eigenvalue weighted by Gasteiger charge is 2.22. The predicted octanol–water partition coefficient (Wildman–Crippen LogP) is -0.543. The molecule has 0 aliphatic carbocycles. The average Bonchev–Trinajstić information content (AvgIpc) is 2.16. The second kappa shape index (κ2) is 5.26. The number of alkyl halides is 1. The van der Waals surface area contributed by atoms with Gasteiger partial charge in [-0.25, -0.2) is 4.57 Å². The van der Waals surface area contributed by atoms with E-state index in [1.165, 1.54) is 0 Å². The highest BCUT2D eigenvalue weighted by Crippen LogP contribution is 2.25. The van der Waals surface area contributed by atoms with Crippen molar-refractivity contribution in [3.63, 3.8) is 0 Å². The van der Waals surface area contributed by atoms with Gasteiger partial charge in [-0.1, -0.05) is 11.6 Å². The van der Waals surface area contributed by atoms with Crippen LogP contribution >= 0.6 is 19.4 Å². The maximum Gasteiger partial charge on any atom is 0.466 e. The van der Waals surface area contributed by atoms with Crippen LogP contribution in [0.4, 0.5) is 0 Å². The molecule has 3 N–H and O–H groups in total. The summed E-state index contributed by atoms with van der Waals surface area (Å²) in [5.74, 6) is 0. The van der Waals surface area contributed by atoms with E-state index in [4.69, 9.17) is 30.8 Å². The van der Waals surface area contributed by atoms with Gasteiger partial charge < -0.3 is 14.7 Å². The zero-order chi connectivity index (χ0) is 10.6. The van der Waals surface area contributed by atoms with Gasteiger partial charge in [-0.15, -0.1) is 0 Å². The van der Waals surface area contributed by atoms with Gasteiger partial charge in [0.2, 0.25) is 0 Å². The van der Waals surface area contributed by atoms with Crippen LogP contribution < -0.4 is 0 Å². The molecule has 0 aromatic carbocycles. The number of hydrogen-bond donors (Lipinski definition) is 3. The Morgan fingerprint density at radius 2 is 1.46 bits per heavy atom. The summed E-state index contributed by atoms with van der Waals surface area (Å²) in [6.45, 7) is 2.18. The minimum absolute atomic E-state index is 0.120. The van der Waals surface area contributed by atoms with Gasteiger partial charge in [0.05, 0.1) is 0 Å². The number of nitrogens with zero attached hydrogens (tertiary/aromatic N) is 2. The first-order valence-electron chi connectivity index (χ1n) is 3.54. The average molecular weight is 233 g/mol. The van der Waals surface area contributed by atoms with Crippen LogP contribution in [-0.4, -0.2) is 57.3 Å². The molecule has 6 nitrogen and oxygen atoms in total. The quantitative estimate of drug-likeness (QED) is 0.296. The van der Waals surface area contributed by atoms with E-state index in [0.717, 1.165) is 13.1 Å². The van der Waals surface area contributed by atoms with Gasteiger partial charge in [0.15, 0.2) is 0 Å². The van der Waals surface area contributed by atoms with Crippen molar-refractivity contribution in [3.05, 3.63) is 0 Å². The minimum Gasteiger partial charge on any atom is -0.303 e. The van der Waals surface area contributed by atoms with Crippen LogP contribution in [0.25, 0.3) is 0 Å². The second-order valence-electron chi connectivity index (χ2n) is 2.79. The summed E-state index contributed by atoms with van der Waals surface area (Å²) < 4.78 is 8.88. The van der Waals surface area contributed by atoms with Gasteiger partial charge in [0, 0.05) is 13.1 Å². The van der Waals surface area contributed by atoms with Crippen LogP contribution in [-0.2, 0) is 4.57 Å². The van der Waals surface area contributed by atoms with Crippen LogP contribution in [0.1, 0.15) is 0 Å². The molecule has 1 aliphatic heterocycles. The molecule has 1 saturated heterocycles. The number of phosphoric acid groups is 1. The molecule has 1 aliphatic rings. The normalized spacial score (nSPS) is 21.4. The van der Waals surface area contributed by atoms with E-state index in [9.17, 15) is 0 Å². The summed E-state index contributed by atoms with van der Waals surface area (Å²) in [7, 11) is -0.581. The Morgan fingerprint density at radius 1 is 1.23 bits per heavy atom. The fourth-order valence-corrected chi connectivity index (χ4v) is 1.06. The monoisotopic (exact) mass is 232 g/mol. The fourth-order valence-electron chi connectivity index (χ4n) is 0.865. The summed E-state index contributed by atoms with van der Waals surface area (Å²) in [5, 5.41) is 0. The Balaban J connectivity index is 0.000000252. The van der Waals surface area contributed by atoms with Crippen LogP contribution in [0.15, 0.2) is 0 Å². The zero-order valence-electron chi connectivity index (χ0n) is 7.46. The first-order valence-corrected chi connectivity index (χ1v) is 5.55. The highest BCUT2D eigenvalue weighted by molar-refractivity contribution is 7.45. The molecule has 0 amide bonds. The third-order valence-electron chi connectivity index (χ3n) is 1.53. The lowest BCUT2D eigenvalue weighted by Gasteiger charge is -2.16. The Hall–Kier alpha value is 0.320. The maximum absolute atomic E-state index is 8.88. The van der Waals surface area contributed by atoms with Gasteiger partial charge in [-0.05, 0) is 14.1 Å². The molecule has 0 unspecified atom stereocenters. The summed E-state index contributed by atoms with van der Waals surface area (Å²) in [5.41, 5.74) is 0.120. The lowest BCUT2D eigenvalue weighted by molar-refractivity contribution is 0.273. The zero-order valence-corrected chi connectivity index (χ0v) is 9.11.